The van der Waals surface area contributed by atoms with E-state index in [1.807, 2.05) is 66.9 Å². The molecule has 2 heterocycles. The average molecular weight is 557 g/mol. The number of fused-ring (bicyclic) bond motifs is 4. The first-order chi connectivity index (χ1) is 19.1. The maximum Gasteiger partial charge on any atom is 0.235 e. The fourth-order valence-electron chi connectivity index (χ4n) is 4.99. The molecule has 9 heteroatoms. The van der Waals surface area contributed by atoms with Gasteiger partial charge < -0.3 is 16.0 Å². The number of amides is 1. The second-order valence-electron chi connectivity index (χ2n) is 9.86. The minimum Gasteiger partial charge on any atom is -0.369 e. The Morgan fingerprint density at radius 2 is 1.79 bits per heavy atom. The molecule has 1 fully saturated rings. The Morgan fingerprint density at radius 1 is 0.974 bits per heavy atom. The number of hydrogen-bond donors (Lipinski definition) is 4. The van der Waals surface area contributed by atoms with Crippen LogP contribution in [0.3, 0.4) is 0 Å². The quantitative estimate of drug-likeness (QED) is 0.201. The zero-order valence-corrected chi connectivity index (χ0v) is 22.9. The molecule has 198 valence electrons. The number of nitrogens with one attached hydrogen (secondary N) is 4. The molecule has 3 aromatic carbocycles. The maximum absolute atomic E-state index is 13.4. The number of nitrogens with zero attached hydrogens (tertiary/aromatic N) is 2. The fourth-order valence-corrected chi connectivity index (χ4v) is 5.86. The molecule has 4 N–H and O–H groups in total. The van der Waals surface area contributed by atoms with Crippen LogP contribution in [0.4, 0.5) is 23.1 Å². The predicted octanol–water partition coefficient (Wildman–Crippen LogP) is 7.01. The molecule has 4 bridgehead atoms. The van der Waals surface area contributed by atoms with Crippen LogP contribution in [0.2, 0.25) is 5.02 Å². The van der Waals surface area contributed by atoms with Gasteiger partial charge in [0.1, 0.15) is 5.82 Å². The largest absolute Gasteiger partial charge is 0.369 e. The number of carbonyl (C=O) groups excluding carboxylic acids is 1. The monoisotopic (exact) mass is 556 g/mol. The van der Waals surface area contributed by atoms with E-state index in [1.54, 1.807) is 11.9 Å². The predicted molar refractivity (Wildman–Crippen MR) is 160 cm³/mol. The first-order valence-corrected chi connectivity index (χ1v) is 14.3. The van der Waals surface area contributed by atoms with Crippen LogP contribution in [0.5, 0.6) is 0 Å². The van der Waals surface area contributed by atoms with Crippen molar-refractivity contribution in [3.05, 3.63) is 89.6 Å². The average Bonchev–Trinajstić information content (AvgIpc) is 2.92. The molecule has 6 rings (SSSR count). The highest BCUT2D eigenvalue weighted by Crippen LogP contribution is 2.45. The van der Waals surface area contributed by atoms with Crippen molar-refractivity contribution < 1.29 is 4.79 Å². The Morgan fingerprint density at radius 3 is 2.56 bits per heavy atom. The molecule has 0 spiro atoms. The summed E-state index contributed by atoms with van der Waals surface area (Å²) in [6, 6.07) is 23.7. The van der Waals surface area contributed by atoms with E-state index < -0.39 is 5.41 Å². The lowest BCUT2D eigenvalue weighted by molar-refractivity contribution is -0.124. The molecule has 1 aliphatic heterocycles. The number of benzene rings is 3. The number of carbonyl (C=O) groups is 1. The second-order valence-corrected chi connectivity index (χ2v) is 11.3. The molecule has 7 nitrogen and oxygen atoms in total. The highest BCUT2D eigenvalue weighted by molar-refractivity contribution is 7.97. The number of halogens is 1. The minimum atomic E-state index is -0.495. The van der Waals surface area contributed by atoms with Crippen molar-refractivity contribution in [2.45, 2.75) is 36.0 Å². The standard InChI is InChI=1S/C30H29ClN6OS/c31-22-10-8-21(9-11-22)30(14-2-15-30)28(38)35-23-12-6-20(7-13-23)26-19-33-29-36-24-4-1-5-25(18-24)39-34-17-3-16-32-27(26)37-29/h1,4-13,18-19,34H,2-3,14-17H2,(H,35,38)(H2,32,33,36,37). The van der Waals surface area contributed by atoms with E-state index in [2.05, 4.69) is 37.8 Å². The third-order valence-corrected chi connectivity index (χ3v) is 8.40. The van der Waals surface area contributed by atoms with E-state index in [1.165, 1.54) is 0 Å². The van der Waals surface area contributed by atoms with E-state index in [0.29, 0.717) is 11.0 Å². The lowest BCUT2D eigenvalue weighted by Gasteiger charge is -2.40. The Bertz CT molecular complexity index is 1470. The van der Waals surface area contributed by atoms with E-state index in [-0.39, 0.29) is 5.91 Å². The van der Waals surface area contributed by atoms with E-state index in [0.717, 1.165) is 77.6 Å². The zero-order chi connectivity index (χ0) is 26.7. The molecule has 2 aliphatic rings. The van der Waals surface area contributed by atoms with Crippen molar-refractivity contribution in [3.63, 3.8) is 0 Å². The molecule has 1 saturated carbocycles. The summed E-state index contributed by atoms with van der Waals surface area (Å²) in [7, 11) is 0. The van der Waals surface area contributed by atoms with Gasteiger partial charge in [0, 0.05) is 46.1 Å². The summed E-state index contributed by atoms with van der Waals surface area (Å²) < 4.78 is 3.41. The van der Waals surface area contributed by atoms with Crippen molar-refractivity contribution in [2.24, 2.45) is 0 Å². The number of aromatic nitrogens is 2. The van der Waals surface area contributed by atoms with Gasteiger partial charge in [0.05, 0.1) is 5.41 Å². The van der Waals surface area contributed by atoms with E-state index >= 15 is 0 Å². The maximum atomic E-state index is 13.4. The zero-order valence-electron chi connectivity index (χ0n) is 21.3. The Kier molecular flexibility index (Phi) is 7.41. The Labute approximate surface area is 237 Å². The molecule has 0 radical (unpaired) electrons. The summed E-state index contributed by atoms with van der Waals surface area (Å²) in [6.45, 7) is 1.64. The first-order valence-electron chi connectivity index (χ1n) is 13.1. The second kappa shape index (κ2) is 11.3. The van der Waals surface area contributed by atoms with Crippen LogP contribution in [0, 0.1) is 0 Å². The normalized spacial score (nSPS) is 16.2. The molecule has 39 heavy (non-hydrogen) atoms. The summed E-state index contributed by atoms with van der Waals surface area (Å²) in [6.07, 6.45) is 5.49. The molecule has 0 saturated heterocycles. The number of rotatable bonds is 4. The van der Waals surface area contributed by atoms with Crippen LogP contribution in [0.1, 0.15) is 31.2 Å². The molecule has 1 aliphatic carbocycles. The van der Waals surface area contributed by atoms with Crippen LogP contribution in [-0.4, -0.2) is 29.0 Å². The summed E-state index contributed by atoms with van der Waals surface area (Å²) in [4.78, 5) is 23.9. The van der Waals surface area contributed by atoms with Gasteiger partial charge in [0.15, 0.2) is 0 Å². The molecule has 4 aromatic rings. The van der Waals surface area contributed by atoms with Gasteiger partial charge in [-0.25, -0.2) is 4.98 Å². The van der Waals surface area contributed by atoms with Gasteiger partial charge in [0.25, 0.3) is 0 Å². The minimum absolute atomic E-state index is 0.0261. The van der Waals surface area contributed by atoms with Crippen molar-refractivity contribution in [1.29, 1.82) is 0 Å². The third kappa shape index (κ3) is 5.59. The van der Waals surface area contributed by atoms with Crippen LogP contribution < -0.4 is 20.7 Å². The summed E-state index contributed by atoms with van der Waals surface area (Å²) in [5, 5.41) is 10.6. The molecule has 0 unspecified atom stereocenters. The van der Waals surface area contributed by atoms with Crippen LogP contribution in [-0.2, 0) is 10.2 Å². The topological polar surface area (TPSA) is 91.0 Å². The lowest BCUT2D eigenvalue weighted by atomic mass is 9.64. The van der Waals surface area contributed by atoms with Gasteiger partial charge in [-0.1, -0.05) is 48.4 Å². The number of anilines is 4. The van der Waals surface area contributed by atoms with Crippen LogP contribution >= 0.6 is 23.5 Å². The molecule has 0 atom stereocenters. The fraction of sp³-hybridized carbons (Fsp3) is 0.233. The summed E-state index contributed by atoms with van der Waals surface area (Å²) >= 11 is 7.70. The SMILES string of the molecule is O=C(Nc1ccc(-c2cnc3nc2NCCCNSc2cccc(c2)N3)cc1)C1(c2ccc(Cl)cc2)CCC1. The summed E-state index contributed by atoms with van der Waals surface area (Å²) in [5.41, 5.74) is 4.09. The third-order valence-electron chi connectivity index (χ3n) is 7.31. The van der Waals surface area contributed by atoms with E-state index in [9.17, 15) is 4.79 Å². The van der Waals surface area contributed by atoms with E-state index in [4.69, 9.17) is 16.6 Å². The molecular weight excluding hydrogens is 528 g/mol. The highest BCUT2D eigenvalue weighted by atomic mass is 35.5. The van der Waals surface area contributed by atoms with Gasteiger partial charge in [-0.15, -0.1) is 0 Å². The molecule has 1 amide bonds. The lowest BCUT2D eigenvalue weighted by Crippen LogP contribution is -2.45. The Balaban J connectivity index is 1.22. The summed E-state index contributed by atoms with van der Waals surface area (Å²) in [5.74, 6) is 1.33. The molecule has 1 aromatic heterocycles. The first kappa shape index (κ1) is 25.7. The van der Waals surface area contributed by atoms with Gasteiger partial charge in [-0.05, 0) is 84.8 Å². The van der Waals surface area contributed by atoms with Crippen molar-refractivity contribution in [3.8, 4) is 11.1 Å². The highest BCUT2D eigenvalue weighted by Gasteiger charge is 2.45. The van der Waals surface area contributed by atoms with Crippen LogP contribution in [0.25, 0.3) is 11.1 Å². The smallest absolute Gasteiger partial charge is 0.235 e. The van der Waals surface area contributed by atoms with Crippen molar-refractivity contribution in [1.82, 2.24) is 14.7 Å². The van der Waals surface area contributed by atoms with Gasteiger partial charge in [0.2, 0.25) is 11.9 Å². The number of hydrogen-bond acceptors (Lipinski definition) is 7. The van der Waals surface area contributed by atoms with Crippen LogP contribution in [0.15, 0.2) is 83.9 Å². The van der Waals surface area contributed by atoms with Gasteiger partial charge in [-0.3, -0.25) is 9.52 Å². The molecular formula is C30H29ClN6OS. The Hall–Kier alpha value is -3.59. The van der Waals surface area contributed by atoms with Gasteiger partial charge >= 0.3 is 0 Å². The van der Waals surface area contributed by atoms with Crippen molar-refractivity contribution >= 4 is 52.6 Å². The van der Waals surface area contributed by atoms with Crippen molar-refractivity contribution in [2.75, 3.05) is 29.0 Å². The van der Waals surface area contributed by atoms with Gasteiger partial charge in [-0.2, -0.15) is 4.98 Å².